The molecule has 3 fully saturated rings. The Morgan fingerprint density at radius 3 is 2.67 bits per heavy atom. The Hall–Kier alpha value is -0.160. The second-order valence-corrected chi connectivity index (χ2v) is 6.34. The second-order valence-electron chi connectivity index (χ2n) is 6.34. The van der Waals surface area contributed by atoms with Crippen LogP contribution in [0.4, 0.5) is 0 Å². The molecule has 1 N–H and O–H groups in total. The van der Waals surface area contributed by atoms with Crippen molar-refractivity contribution in [2.45, 2.75) is 37.9 Å². The minimum absolute atomic E-state index is 0.323. The van der Waals surface area contributed by atoms with E-state index in [0.29, 0.717) is 17.6 Å². The third kappa shape index (κ3) is 2.72. The quantitative estimate of drug-likeness (QED) is 0.807. The van der Waals surface area contributed by atoms with Gasteiger partial charge < -0.3 is 14.8 Å². The van der Waals surface area contributed by atoms with Crippen molar-refractivity contribution in [3.8, 4) is 0 Å². The van der Waals surface area contributed by atoms with Crippen LogP contribution in [0.15, 0.2) is 0 Å². The van der Waals surface area contributed by atoms with Crippen molar-refractivity contribution in [3.05, 3.63) is 0 Å². The van der Waals surface area contributed by atoms with E-state index < -0.39 is 0 Å². The number of likely N-dealkylation sites (tertiary alicyclic amines) is 1. The van der Waals surface area contributed by atoms with Crippen molar-refractivity contribution in [2.75, 3.05) is 46.4 Å². The fraction of sp³-hybridized carbons (Fsp3) is 1.00. The lowest BCUT2D eigenvalue weighted by Gasteiger charge is -2.43. The molecule has 0 aromatic heterocycles. The van der Waals surface area contributed by atoms with E-state index in [2.05, 4.69) is 17.3 Å². The second kappa shape index (κ2) is 5.45. The van der Waals surface area contributed by atoms with Gasteiger partial charge in [-0.15, -0.1) is 0 Å². The van der Waals surface area contributed by atoms with Gasteiger partial charge in [0.25, 0.3) is 0 Å². The molecule has 3 saturated heterocycles. The van der Waals surface area contributed by atoms with Gasteiger partial charge in [0.05, 0.1) is 18.8 Å². The zero-order valence-corrected chi connectivity index (χ0v) is 11.5. The summed E-state index contributed by atoms with van der Waals surface area (Å²) in [5, 5.41) is 3.37. The third-order valence-corrected chi connectivity index (χ3v) is 4.63. The Morgan fingerprint density at radius 1 is 1.28 bits per heavy atom. The summed E-state index contributed by atoms with van der Waals surface area (Å²) >= 11 is 0. The van der Waals surface area contributed by atoms with E-state index >= 15 is 0 Å². The van der Waals surface area contributed by atoms with Crippen LogP contribution < -0.4 is 5.32 Å². The number of nitrogens with one attached hydrogen (secondary N) is 1. The molecule has 3 unspecified atom stereocenters. The van der Waals surface area contributed by atoms with Crippen molar-refractivity contribution < 1.29 is 9.47 Å². The van der Waals surface area contributed by atoms with Gasteiger partial charge in [-0.05, 0) is 32.7 Å². The fourth-order valence-corrected chi connectivity index (χ4v) is 3.91. The molecule has 0 aliphatic carbocycles. The molecule has 4 nitrogen and oxygen atoms in total. The zero-order chi connectivity index (χ0) is 12.4. The molecule has 3 heterocycles. The van der Waals surface area contributed by atoms with Gasteiger partial charge in [-0.3, -0.25) is 4.90 Å². The summed E-state index contributed by atoms with van der Waals surface area (Å²) in [6.07, 6.45) is 6.02. The molecule has 0 radical (unpaired) electrons. The molecule has 0 aromatic carbocycles. The normalized spacial score (nSPS) is 41.2. The van der Waals surface area contributed by atoms with E-state index in [1.54, 1.807) is 0 Å². The molecule has 0 amide bonds. The highest BCUT2D eigenvalue weighted by Crippen LogP contribution is 2.32. The van der Waals surface area contributed by atoms with Gasteiger partial charge in [-0.2, -0.15) is 0 Å². The Balaban J connectivity index is 1.61. The molecular formula is C14H26N2O2. The van der Waals surface area contributed by atoms with Crippen LogP contribution in [-0.4, -0.2) is 63.5 Å². The maximum Gasteiger partial charge on any atom is 0.0707 e. The van der Waals surface area contributed by atoms with Gasteiger partial charge in [0, 0.05) is 38.2 Å². The van der Waals surface area contributed by atoms with Crippen LogP contribution in [0.2, 0.25) is 0 Å². The first-order chi connectivity index (χ1) is 8.80. The van der Waals surface area contributed by atoms with Crippen molar-refractivity contribution >= 4 is 0 Å². The van der Waals surface area contributed by atoms with Gasteiger partial charge in [-0.1, -0.05) is 0 Å². The van der Waals surface area contributed by atoms with Crippen LogP contribution in [-0.2, 0) is 9.47 Å². The predicted molar refractivity (Wildman–Crippen MR) is 70.7 cm³/mol. The maximum atomic E-state index is 5.92. The van der Waals surface area contributed by atoms with Gasteiger partial charge in [-0.25, -0.2) is 0 Å². The first-order valence-corrected chi connectivity index (χ1v) is 7.40. The highest BCUT2D eigenvalue weighted by Gasteiger charge is 2.39. The molecule has 2 bridgehead atoms. The molecule has 0 saturated carbocycles. The van der Waals surface area contributed by atoms with Crippen LogP contribution in [0.25, 0.3) is 0 Å². The largest absolute Gasteiger partial charge is 0.381 e. The summed E-state index contributed by atoms with van der Waals surface area (Å²) < 4.78 is 11.7. The van der Waals surface area contributed by atoms with Crippen molar-refractivity contribution in [3.63, 3.8) is 0 Å². The fourth-order valence-electron chi connectivity index (χ4n) is 3.91. The Morgan fingerprint density at radius 2 is 2.06 bits per heavy atom. The third-order valence-electron chi connectivity index (χ3n) is 4.63. The minimum atomic E-state index is 0.323. The molecule has 3 aliphatic heterocycles. The number of hydrogen-bond acceptors (Lipinski definition) is 4. The van der Waals surface area contributed by atoms with Gasteiger partial charge in [0.15, 0.2) is 0 Å². The van der Waals surface area contributed by atoms with E-state index in [9.17, 15) is 0 Å². The van der Waals surface area contributed by atoms with Crippen LogP contribution in [0.3, 0.4) is 0 Å². The molecule has 18 heavy (non-hydrogen) atoms. The molecule has 3 aliphatic rings. The minimum Gasteiger partial charge on any atom is -0.381 e. The first-order valence-electron chi connectivity index (χ1n) is 7.40. The van der Waals surface area contributed by atoms with Crippen LogP contribution >= 0.6 is 0 Å². The Labute approximate surface area is 110 Å². The lowest BCUT2D eigenvalue weighted by atomic mass is 9.81. The Bertz CT molecular complexity index is 261. The molecule has 104 valence electrons. The van der Waals surface area contributed by atoms with E-state index in [-0.39, 0.29) is 0 Å². The Kier molecular flexibility index (Phi) is 3.89. The lowest BCUT2D eigenvalue weighted by Crippen LogP contribution is -2.52. The number of morpholine rings is 1. The standard InChI is InChI=1S/C14H26N2O2/c1-15-9-14(5-2-6-17-11-14)10-16-7-12-3-4-13(8-16)18-12/h12-13,15H,2-11H2,1H3. The maximum absolute atomic E-state index is 5.92. The van der Waals surface area contributed by atoms with E-state index in [1.807, 2.05) is 0 Å². The topological polar surface area (TPSA) is 33.7 Å². The van der Waals surface area contributed by atoms with Crippen molar-refractivity contribution in [1.82, 2.24) is 10.2 Å². The van der Waals surface area contributed by atoms with E-state index in [0.717, 1.165) is 32.8 Å². The number of nitrogens with zero attached hydrogens (tertiary/aromatic N) is 1. The summed E-state index contributed by atoms with van der Waals surface area (Å²) in [4.78, 5) is 2.62. The number of fused-ring (bicyclic) bond motifs is 2. The first kappa shape index (κ1) is 12.9. The van der Waals surface area contributed by atoms with Crippen LogP contribution in [0, 0.1) is 5.41 Å². The number of rotatable bonds is 4. The molecular weight excluding hydrogens is 228 g/mol. The number of hydrogen-bond donors (Lipinski definition) is 1. The summed E-state index contributed by atoms with van der Waals surface area (Å²) in [7, 11) is 2.05. The highest BCUT2D eigenvalue weighted by atomic mass is 16.5. The van der Waals surface area contributed by atoms with Crippen LogP contribution in [0.1, 0.15) is 25.7 Å². The smallest absolute Gasteiger partial charge is 0.0707 e. The highest BCUT2D eigenvalue weighted by molar-refractivity contribution is 4.91. The molecule has 3 rings (SSSR count). The monoisotopic (exact) mass is 254 g/mol. The van der Waals surface area contributed by atoms with E-state index in [4.69, 9.17) is 9.47 Å². The summed E-state index contributed by atoms with van der Waals surface area (Å²) in [6.45, 7) is 6.36. The van der Waals surface area contributed by atoms with Crippen molar-refractivity contribution in [1.29, 1.82) is 0 Å². The van der Waals surface area contributed by atoms with Gasteiger partial charge in [0.1, 0.15) is 0 Å². The summed E-state index contributed by atoms with van der Waals surface area (Å²) in [5.41, 5.74) is 0.323. The SMILES string of the molecule is CNCC1(CN2CC3CCC(C2)O3)CCCOC1. The average Bonchev–Trinajstić information content (AvgIpc) is 2.70. The summed E-state index contributed by atoms with van der Waals surface area (Å²) in [6, 6.07) is 0. The van der Waals surface area contributed by atoms with E-state index in [1.165, 1.54) is 32.2 Å². The van der Waals surface area contributed by atoms with Gasteiger partial charge in [0.2, 0.25) is 0 Å². The number of ether oxygens (including phenoxy) is 2. The molecule has 3 atom stereocenters. The molecule has 0 spiro atoms. The molecule has 4 heteroatoms. The van der Waals surface area contributed by atoms with Crippen molar-refractivity contribution in [2.24, 2.45) is 5.41 Å². The lowest BCUT2D eigenvalue weighted by molar-refractivity contribution is -0.0741. The molecule has 0 aromatic rings. The van der Waals surface area contributed by atoms with Gasteiger partial charge >= 0.3 is 0 Å². The average molecular weight is 254 g/mol. The predicted octanol–water partition coefficient (Wildman–Crippen LogP) is 0.866. The summed E-state index contributed by atoms with van der Waals surface area (Å²) in [5.74, 6) is 0. The zero-order valence-electron chi connectivity index (χ0n) is 11.5. The van der Waals surface area contributed by atoms with Crippen LogP contribution in [0.5, 0.6) is 0 Å².